The van der Waals surface area contributed by atoms with E-state index in [1.807, 2.05) is 13.1 Å². The Morgan fingerprint density at radius 2 is 2.08 bits per heavy atom. The van der Waals surface area contributed by atoms with E-state index in [1.54, 1.807) is 6.07 Å². The summed E-state index contributed by atoms with van der Waals surface area (Å²) in [7, 11) is 1.93. The minimum Gasteiger partial charge on any atom is -0.359 e. The Labute approximate surface area is 137 Å². The van der Waals surface area contributed by atoms with Crippen LogP contribution in [-0.2, 0) is 11.0 Å². The molecule has 0 aliphatic carbocycles. The van der Waals surface area contributed by atoms with Gasteiger partial charge in [0.2, 0.25) is 0 Å². The van der Waals surface area contributed by atoms with Crippen molar-refractivity contribution in [3.05, 3.63) is 41.0 Å². The second-order valence-corrected chi connectivity index (χ2v) is 5.85. The third kappa shape index (κ3) is 3.43. The predicted octanol–water partition coefficient (Wildman–Crippen LogP) is 1.81. The molecule has 0 aromatic heterocycles. The van der Waals surface area contributed by atoms with Crippen molar-refractivity contribution in [1.29, 1.82) is 0 Å². The average molecular weight is 338 g/mol. The highest BCUT2D eigenvalue weighted by Crippen LogP contribution is 2.37. The number of amidine groups is 1. The Balaban J connectivity index is 2.00. The van der Waals surface area contributed by atoms with Gasteiger partial charge < -0.3 is 10.2 Å². The van der Waals surface area contributed by atoms with E-state index >= 15 is 0 Å². The summed E-state index contributed by atoms with van der Waals surface area (Å²) in [5.74, 6) is -0.105. The number of benzene rings is 1. The lowest BCUT2D eigenvalue weighted by Gasteiger charge is -2.24. The molecule has 0 fully saturated rings. The van der Waals surface area contributed by atoms with Gasteiger partial charge in [-0.3, -0.25) is 4.79 Å². The van der Waals surface area contributed by atoms with Gasteiger partial charge >= 0.3 is 6.18 Å². The zero-order valence-corrected chi connectivity index (χ0v) is 13.1. The minimum atomic E-state index is -4.46. The standard InChI is InChI=1S/C16H17F3N4O/c1-23-6-4-10(5-7-23)12-3-2-11(8-13(12)16(17,18)19)15-20-9-14(24)21-22-15/h2-4,8H,5-7,9H2,1H3,(H,20,22)(H,21,24). The summed E-state index contributed by atoms with van der Waals surface area (Å²) in [5, 5.41) is 6.49. The molecule has 0 spiro atoms. The van der Waals surface area contributed by atoms with E-state index in [2.05, 4.69) is 20.7 Å². The number of carbonyl (C=O) groups excluding carboxylic acids is 1. The van der Waals surface area contributed by atoms with Gasteiger partial charge in [-0.1, -0.05) is 18.2 Å². The number of amides is 1. The lowest BCUT2D eigenvalue weighted by Crippen LogP contribution is -2.42. The van der Waals surface area contributed by atoms with Crippen molar-refractivity contribution in [3.63, 3.8) is 0 Å². The van der Waals surface area contributed by atoms with Crippen LogP contribution in [0.4, 0.5) is 13.2 Å². The molecule has 8 heteroatoms. The first-order valence-corrected chi connectivity index (χ1v) is 7.54. The van der Waals surface area contributed by atoms with E-state index < -0.39 is 11.7 Å². The van der Waals surface area contributed by atoms with Crippen LogP contribution < -0.4 is 10.7 Å². The van der Waals surface area contributed by atoms with E-state index in [9.17, 15) is 18.0 Å². The van der Waals surface area contributed by atoms with Crippen molar-refractivity contribution >= 4 is 17.3 Å². The highest BCUT2D eigenvalue weighted by Gasteiger charge is 2.35. The Morgan fingerprint density at radius 3 is 2.67 bits per heavy atom. The normalized spacial score (nSPS) is 19.2. The fourth-order valence-electron chi connectivity index (χ4n) is 2.75. The highest BCUT2D eigenvalue weighted by atomic mass is 19.4. The van der Waals surface area contributed by atoms with Crippen molar-refractivity contribution in [2.45, 2.75) is 12.6 Å². The molecular formula is C16H17F3N4O. The fourth-order valence-corrected chi connectivity index (χ4v) is 2.75. The Bertz CT molecular complexity index is 725. The third-order valence-corrected chi connectivity index (χ3v) is 4.07. The molecule has 128 valence electrons. The molecule has 1 amide bonds. The molecule has 0 radical (unpaired) electrons. The van der Waals surface area contributed by atoms with Gasteiger partial charge in [-0.2, -0.15) is 18.3 Å². The number of alkyl halides is 3. The number of hydrogen-bond acceptors (Lipinski definition) is 4. The van der Waals surface area contributed by atoms with Crippen LogP contribution in [0.5, 0.6) is 0 Å². The van der Waals surface area contributed by atoms with Gasteiger partial charge in [0.15, 0.2) is 5.84 Å². The van der Waals surface area contributed by atoms with Gasteiger partial charge in [-0.05, 0) is 30.7 Å². The molecule has 2 aliphatic heterocycles. The summed E-state index contributed by atoms with van der Waals surface area (Å²) in [6.07, 6.45) is -2.05. The summed E-state index contributed by atoms with van der Waals surface area (Å²) in [5.41, 5.74) is 2.78. The van der Waals surface area contributed by atoms with Gasteiger partial charge in [0.25, 0.3) is 5.91 Å². The molecule has 3 rings (SSSR count). The summed E-state index contributed by atoms with van der Waals surface area (Å²) in [6.45, 7) is 1.35. The SMILES string of the molecule is CN1CC=C(c2ccc(C3=NNC(=O)CN3)cc2C(F)(F)F)CC1. The van der Waals surface area contributed by atoms with Crippen LogP contribution in [0.2, 0.25) is 0 Å². The van der Waals surface area contributed by atoms with Crippen LogP contribution in [0, 0.1) is 0 Å². The van der Waals surface area contributed by atoms with Crippen molar-refractivity contribution in [1.82, 2.24) is 15.6 Å². The van der Waals surface area contributed by atoms with Crippen LogP contribution in [-0.4, -0.2) is 43.3 Å². The number of rotatable bonds is 2. The quantitative estimate of drug-likeness (QED) is 0.865. The number of nitrogens with zero attached hydrogens (tertiary/aromatic N) is 2. The number of nitrogens with one attached hydrogen (secondary N) is 2. The van der Waals surface area contributed by atoms with E-state index in [0.29, 0.717) is 24.1 Å². The summed E-state index contributed by atoms with van der Waals surface area (Å²) >= 11 is 0. The smallest absolute Gasteiger partial charge is 0.359 e. The average Bonchev–Trinajstić information content (AvgIpc) is 2.55. The minimum absolute atomic E-state index is 0.0145. The fraction of sp³-hybridized carbons (Fsp3) is 0.375. The maximum Gasteiger partial charge on any atom is 0.417 e. The highest BCUT2D eigenvalue weighted by molar-refractivity contribution is 6.03. The summed E-state index contributed by atoms with van der Waals surface area (Å²) < 4.78 is 40.6. The number of likely N-dealkylation sites (N-methyl/N-ethyl adjacent to an activating group) is 1. The first kappa shape index (κ1) is 16.5. The molecule has 2 heterocycles. The van der Waals surface area contributed by atoms with Gasteiger partial charge in [0.05, 0.1) is 12.1 Å². The molecular weight excluding hydrogens is 321 g/mol. The summed E-state index contributed by atoms with van der Waals surface area (Å²) in [6, 6.07) is 4.15. The van der Waals surface area contributed by atoms with Crippen LogP contribution in [0.15, 0.2) is 29.4 Å². The number of hydrogen-bond donors (Lipinski definition) is 2. The molecule has 0 bridgehead atoms. The van der Waals surface area contributed by atoms with Crippen LogP contribution >= 0.6 is 0 Å². The van der Waals surface area contributed by atoms with Crippen molar-refractivity contribution in [2.75, 3.05) is 26.7 Å². The van der Waals surface area contributed by atoms with Crippen molar-refractivity contribution < 1.29 is 18.0 Å². The van der Waals surface area contributed by atoms with E-state index in [0.717, 1.165) is 12.6 Å². The molecule has 2 aliphatic rings. The van der Waals surface area contributed by atoms with Crippen LogP contribution in [0.1, 0.15) is 23.1 Å². The largest absolute Gasteiger partial charge is 0.417 e. The molecule has 0 atom stereocenters. The topological polar surface area (TPSA) is 56.7 Å². The Hall–Kier alpha value is -2.35. The first-order chi connectivity index (χ1) is 11.3. The maximum absolute atomic E-state index is 13.5. The molecule has 24 heavy (non-hydrogen) atoms. The Morgan fingerprint density at radius 1 is 1.29 bits per heavy atom. The monoisotopic (exact) mass is 338 g/mol. The molecule has 2 N–H and O–H groups in total. The summed E-state index contributed by atoms with van der Waals surface area (Å²) in [4.78, 5) is 13.1. The van der Waals surface area contributed by atoms with Gasteiger partial charge in [0, 0.05) is 18.7 Å². The molecule has 0 saturated heterocycles. The Kier molecular flexibility index (Phi) is 4.31. The zero-order chi connectivity index (χ0) is 17.3. The van der Waals surface area contributed by atoms with E-state index in [4.69, 9.17) is 0 Å². The van der Waals surface area contributed by atoms with Gasteiger partial charge in [-0.25, -0.2) is 5.43 Å². The number of halogens is 3. The van der Waals surface area contributed by atoms with Crippen molar-refractivity contribution in [2.24, 2.45) is 5.10 Å². The third-order valence-electron chi connectivity index (χ3n) is 4.07. The van der Waals surface area contributed by atoms with E-state index in [-0.39, 0.29) is 23.9 Å². The molecule has 1 aromatic rings. The molecule has 5 nitrogen and oxygen atoms in total. The van der Waals surface area contributed by atoms with E-state index in [1.165, 1.54) is 6.07 Å². The lowest BCUT2D eigenvalue weighted by atomic mass is 9.93. The molecule has 0 unspecified atom stereocenters. The molecule has 0 saturated carbocycles. The van der Waals surface area contributed by atoms with Gasteiger partial charge in [0.1, 0.15) is 0 Å². The van der Waals surface area contributed by atoms with Crippen molar-refractivity contribution in [3.8, 4) is 0 Å². The van der Waals surface area contributed by atoms with Crippen LogP contribution in [0.25, 0.3) is 5.57 Å². The lowest BCUT2D eigenvalue weighted by molar-refractivity contribution is -0.137. The second-order valence-electron chi connectivity index (χ2n) is 5.85. The van der Waals surface area contributed by atoms with Crippen LogP contribution in [0.3, 0.4) is 0 Å². The zero-order valence-electron chi connectivity index (χ0n) is 13.1. The predicted molar refractivity (Wildman–Crippen MR) is 84.2 cm³/mol. The first-order valence-electron chi connectivity index (χ1n) is 7.54. The van der Waals surface area contributed by atoms with Gasteiger partial charge in [-0.15, -0.1) is 0 Å². The molecule has 1 aromatic carbocycles. The second kappa shape index (κ2) is 6.27. The number of hydrazone groups is 1. The number of carbonyl (C=O) groups is 1. The maximum atomic E-state index is 13.5.